The van der Waals surface area contributed by atoms with E-state index in [4.69, 9.17) is 23.2 Å². The predicted octanol–water partition coefficient (Wildman–Crippen LogP) is 2.73. The Morgan fingerprint density at radius 2 is 2.19 bits per heavy atom. The summed E-state index contributed by atoms with van der Waals surface area (Å²) in [5.41, 5.74) is 1.07. The molecule has 0 spiro atoms. The molecule has 0 saturated heterocycles. The molecule has 0 atom stereocenters. The van der Waals surface area contributed by atoms with E-state index < -0.39 is 0 Å². The van der Waals surface area contributed by atoms with Gasteiger partial charge in [0.1, 0.15) is 5.82 Å². The highest BCUT2D eigenvalue weighted by Gasteiger charge is 2.03. The molecule has 0 aliphatic rings. The standard InChI is InChI=1S/C10H10Cl2N4/c1-16-6-7(4-15-16)3-13-10-9(12)2-8(11)5-14-10/h2,4-6H,3H2,1H3,(H,13,14). The van der Waals surface area contributed by atoms with Crippen molar-refractivity contribution in [3.63, 3.8) is 0 Å². The average molecular weight is 257 g/mol. The Labute approximate surface area is 103 Å². The first-order chi connectivity index (χ1) is 7.65. The van der Waals surface area contributed by atoms with E-state index in [-0.39, 0.29) is 0 Å². The number of aryl methyl sites for hydroxylation is 1. The smallest absolute Gasteiger partial charge is 0.145 e. The summed E-state index contributed by atoms with van der Waals surface area (Å²) < 4.78 is 1.74. The number of nitrogens with one attached hydrogen (secondary N) is 1. The molecule has 0 saturated carbocycles. The fraction of sp³-hybridized carbons (Fsp3) is 0.200. The summed E-state index contributed by atoms with van der Waals surface area (Å²) >= 11 is 11.7. The second-order valence-corrected chi connectivity index (χ2v) is 4.20. The van der Waals surface area contributed by atoms with Crippen LogP contribution in [0.1, 0.15) is 5.56 Å². The van der Waals surface area contributed by atoms with Crippen LogP contribution in [0.15, 0.2) is 24.7 Å². The SMILES string of the molecule is Cn1cc(CNc2ncc(Cl)cc2Cl)cn1. The Morgan fingerprint density at radius 1 is 1.38 bits per heavy atom. The fourth-order valence-corrected chi connectivity index (χ4v) is 1.74. The van der Waals surface area contributed by atoms with Crippen molar-refractivity contribution in [3.05, 3.63) is 40.3 Å². The normalized spacial score (nSPS) is 10.4. The average Bonchev–Trinajstić information content (AvgIpc) is 2.63. The number of hydrogen-bond acceptors (Lipinski definition) is 3. The van der Waals surface area contributed by atoms with Crippen LogP contribution in [0.5, 0.6) is 0 Å². The lowest BCUT2D eigenvalue weighted by atomic mass is 10.3. The number of nitrogens with zero attached hydrogens (tertiary/aromatic N) is 3. The molecule has 0 fully saturated rings. The monoisotopic (exact) mass is 256 g/mol. The van der Waals surface area contributed by atoms with Gasteiger partial charge in [0.15, 0.2) is 0 Å². The first-order valence-corrected chi connectivity index (χ1v) is 5.43. The second-order valence-electron chi connectivity index (χ2n) is 3.36. The van der Waals surface area contributed by atoms with Crippen LogP contribution in [0.3, 0.4) is 0 Å². The van der Waals surface area contributed by atoms with E-state index in [1.54, 1.807) is 23.1 Å². The van der Waals surface area contributed by atoms with E-state index in [0.717, 1.165) is 5.56 Å². The minimum Gasteiger partial charge on any atom is -0.365 e. The number of aromatic nitrogens is 3. The van der Waals surface area contributed by atoms with E-state index in [1.807, 2.05) is 13.2 Å². The van der Waals surface area contributed by atoms with Crippen molar-refractivity contribution in [2.45, 2.75) is 6.54 Å². The lowest BCUT2D eigenvalue weighted by Gasteiger charge is -2.05. The van der Waals surface area contributed by atoms with Crippen molar-refractivity contribution in [1.29, 1.82) is 0 Å². The molecule has 4 nitrogen and oxygen atoms in total. The van der Waals surface area contributed by atoms with Crippen LogP contribution in [0, 0.1) is 0 Å². The summed E-state index contributed by atoms with van der Waals surface area (Å²) in [4.78, 5) is 4.10. The maximum absolute atomic E-state index is 5.97. The Morgan fingerprint density at radius 3 is 2.81 bits per heavy atom. The van der Waals surface area contributed by atoms with Crippen molar-refractivity contribution < 1.29 is 0 Å². The summed E-state index contributed by atoms with van der Waals surface area (Å²) in [5, 5.41) is 8.22. The van der Waals surface area contributed by atoms with E-state index in [1.165, 1.54) is 0 Å². The molecule has 0 unspecified atom stereocenters. The summed E-state index contributed by atoms with van der Waals surface area (Å²) in [6, 6.07) is 1.65. The number of pyridine rings is 1. The summed E-state index contributed by atoms with van der Waals surface area (Å²) in [6.45, 7) is 0.627. The largest absolute Gasteiger partial charge is 0.365 e. The third-order valence-electron chi connectivity index (χ3n) is 2.03. The van der Waals surface area contributed by atoms with Gasteiger partial charge < -0.3 is 5.32 Å². The van der Waals surface area contributed by atoms with Gasteiger partial charge in [-0.05, 0) is 6.07 Å². The molecule has 0 aliphatic heterocycles. The minimum atomic E-state index is 0.511. The summed E-state index contributed by atoms with van der Waals surface area (Å²) in [7, 11) is 1.87. The molecule has 16 heavy (non-hydrogen) atoms. The third-order valence-corrected chi connectivity index (χ3v) is 2.52. The van der Waals surface area contributed by atoms with Crippen LogP contribution >= 0.6 is 23.2 Å². The van der Waals surface area contributed by atoms with Gasteiger partial charge >= 0.3 is 0 Å². The molecular weight excluding hydrogens is 247 g/mol. The Kier molecular flexibility index (Phi) is 3.31. The van der Waals surface area contributed by atoms with Gasteiger partial charge in [0.05, 0.1) is 16.2 Å². The van der Waals surface area contributed by atoms with Gasteiger partial charge in [0, 0.05) is 31.5 Å². The highest BCUT2D eigenvalue weighted by Crippen LogP contribution is 2.22. The van der Waals surface area contributed by atoms with Crippen molar-refractivity contribution in [1.82, 2.24) is 14.8 Å². The molecule has 84 valence electrons. The van der Waals surface area contributed by atoms with Gasteiger partial charge in [-0.3, -0.25) is 4.68 Å². The Hall–Kier alpha value is -1.26. The van der Waals surface area contributed by atoms with Crippen LogP contribution in [-0.2, 0) is 13.6 Å². The zero-order valence-electron chi connectivity index (χ0n) is 8.61. The topological polar surface area (TPSA) is 42.7 Å². The van der Waals surface area contributed by atoms with E-state index in [9.17, 15) is 0 Å². The number of hydrogen-bond donors (Lipinski definition) is 1. The van der Waals surface area contributed by atoms with E-state index in [2.05, 4.69) is 15.4 Å². The van der Waals surface area contributed by atoms with Crippen molar-refractivity contribution in [2.24, 2.45) is 7.05 Å². The zero-order valence-corrected chi connectivity index (χ0v) is 10.1. The van der Waals surface area contributed by atoms with Crippen LogP contribution in [0.2, 0.25) is 10.0 Å². The first-order valence-electron chi connectivity index (χ1n) is 4.67. The van der Waals surface area contributed by atoms with E-state index >= 15 is 0 Å². The molecule has 0 bridgehead atoms. The number of rotatable bonds is 3. The maximum atomic E-state index is 5.97. The molecule has 0 amide bonds. The van der Waals surface area contributed by atoms with Gasteiger partial charge in [0.2, 0.25) is 0 Å². The first kappa shape index (κ1) is 11.2. The lowest BCUT2D eigenvalue weighted by Crippen LogP contribution is -2.01. The Bertz CT molecular complexity index is 495. The van der Waals surface area contributed by atoms with E-state index in [0.29, 0.717) is 22.4 Å². The van der Waals surface area contributed by atoms with Gasteiger partial charge in [0.25, 0.3) is 0 Å². The third kappa shape index (κ3) is 2.65. The van der Waals surface area contributed by atoms with Gasteiger partial charge in [-0.2, -0.15) is 5.10 Å². The van der Waals surface area contributed by atoms with Crippen molar-refractivity contribution in [2.75, 3.05) is 5.32 Å². The highest BCUT2D eigenvalue weighted by molar-refractivity contribution is 6.35. The van der Waals surface area contributed by atoms with Crippen LogP contribution in [-0.4, -0.2) is 14.8 Å². The van der Waals surface area contributed by atoms with Gasteiger partial charge in [-0.1, -0.05) is 23.2 Å². The maximum Gasteiger partial charge on any atom is 0.145 e. The van der Waals surface area contributed by atoms with Crippen LogP contribution in [0.4, 0.5) is 5.82 Å². The molecule has 2 aromatic rings. The van der Waals surface area contributed by atoms with Gasteiger partial charge in [-0.25, -0.2) is 4.98 Å². The molecular formula is C10H10Cl2N4. The fourth-order valence-electron chi connectivity index (χ4n) is 1.29. The van der Waals surface area contributed by atoms with Crippen molar-refractivity contribution in [3.8, 4) is 0 Å². The lowest BCUT2D eigenvalue weighted by molar-refractivity contribution is 0.767. The molecule has 2 rings (SSSR count). The summed E-state index contributed by atoms with van der Waals surface area (Å²) in [6.07, 6.45) is 5.27. The molecule has 0 aromatic carbocycles. The Balaban J connectivity index is 2.04. The van der Waals surface area contributed by atoms with Gasteiger partial charge in [-0.15, -0.1) is 0 Å². The highest BCUT2D eigenvalue weighted by atomic mass is 35.5. The quantitative estimate of drug-likeness (QED) is 0.919. The molecule has 2 aromatic heterocycles. The molecule has 0 aliphatic carbocycles. The second kappa shape index (κ2) is 4.72. The molecule has 2 heterocycles. The number of halogens is 2. The predicted molar refractivity (Wildman–Crippen MR) is 64.8 cm³/mol. The minimum absolute atomic E-state index is 0.511. The summed E-state index contributed by atoms with van der Waals surface area (Å²) in [5.74, 6) is 0.620. The van der Waals surface area contributed by atoms with Crippen molar-refractivity contribution >= 4 is 29.0 Å². The molecule has 1 N–H and O–H groups in total. The zero-order chi connectivity index (χ0) is 11.5. The molecule has 6 heteroatoms. The molecule has 0 radical (unpaired) electrons. The van der Waals surface area contributed by atoms with Crippen LogP contribution in [0.25, 0.3) is 0 Å². The van der Waals surface area contributed by atoms with Crippen LogP contribution < -0.4 is 5.32 Å². The number of anilines is 1.